The summed E-state index contributed by atoms with van der Waals surface area (Å²) in [6, 6.07) is 12.3. The van der Waals surface area contributed by atoms with Crippen molar-refractivity contribution in [2.75, 3.05) is 12.3 Å². The third kappa shape index (κ3) is 2.51. The molecule has 0 radical (unpaired) electrons. The summed E-state index contributed by atoms with van der Waals surface area (Å²) in [6.45, 7) is 0.904. The summed E-state index contributed by atoms with van der Waals surface area (Å²) in [5.74, 6) is 1.23. The molecule has 0 saturated heterocycles. The van der Waals surface area contributed by atoms with E-state index in [1.165, 1.54) is 10.5 Å². The SMILES string of the molecule is Br.Oc1cc2c(cc1O)[C@H]1c3ccccc3SC[C@@H]1NCC2. The third-order valence-electron chi connectivity index (χ3n) is 4.45. The molecule has 0 saturated carbocycles. The number of phenolic OH excluding ortho intramolecular Hbond substituents is 2. The van der Waals surface area contributed by atoms with Gasteiger partial charge in [0.15, 0.2) is 11.5 Å². The molecular formula is C17H18BrNO2S. The van der Waals surface area contributed by atoms with E-state index in [-0.39, 0.29) is 34.4 Å². The molecule has 0 unspecified atom stereocenters. The van der Waals surface area contributed by atoms with Crippen molar-refractivity contribution in [3.63, 3.8) is 0 Å². The Balaban J connectivity index is 0.00000144. The lowest BCUT2D eigenvalue weighted by Crippen LogP contribution is -2.38. The molecule has 0 fully saturated rings. The highest BCUT2D eigenvalue weighted by molar-refractivity contribution is 8.93. The molecule has 0 aliphatic carbocycles. The minimum atomic E-state index is -0.0230. The number of thioether (sulfide) groups is 1. The van der Waals surface area contributed by atoms with Crippen molar-refractivity contribution in [2.24, 2.45) is 0 Å². The first-order valence-electron chi connectivity index (χ1n) is 7.24. The number of phenols is 2. The van der Waals surface area contributed by atoms with Crippen molar-refractivity contribution in [3.8, 4) is 11.5 Å². The molecule has 0 amide bonds. The Labute approximate surface area is 144 Å². The number of aromatic hydroxyl groups is 2. The maximum absolute atomic E-state index is 9.93. The average molecular weight is 380 g/mol. The van der Waals surface area contributed by atoms with Crippen LogP contribution >= 0.6 is 28.7 Å². The standard InChI is InChI=1S/C17H17NO2S.BrH/c19-14-7-10-5-6-18-13-9-21-16-4-2-1-3-11(16)17(13)12(10)8-15(14)20;/h1-4,7-8,13,17-20H,5-6,9H2;1H/t13-,17+;/m0./s1. The molecule has 2 aromatic rings. The van der Waals surface area contributed by atoms with E-state index in [4.69, 9.17) is 0 Å². The lowest BCUT2D eigenvalue weighted by molar-refractivity contribution is 0.402. The molecule has 0 bridgehead atoms. The quantitative estimate of drug-likeness (QED) is 0.613. The maximum Gasteiger partial charge on any atom is 0.157 e. The first-order chi connectivity index (χ1) is 10.2. The number of hydrogen-bond donors (Lipinski definition) is 3. The maximum atomic E-state index is 9.93. The highest BCUT2D eigenvalue weighted by atomic mass is 79.9. The molecule has 2 atom stereocenters. The summed E-state index contributed by atoms with van der Waals surface area (Å²) in [6.07, 6.45) is 0.878. The van der Waals surface area contributed by atoms with Crippen molar-refractivity contribution in [2.45, 2.75) is 23.3 Å². The van der Waals surface area contributed by atoms with Gasteiger partial charge in [0.2, 0.25) is 0 Å². The predicted octanol–water partition coefficient (Wildman–Crippen LogP) is 3.43. The number of nitrogens with one attached hydrogen (secondary N) is 1. The number of rotatable bonds is 0. The van der Waals surface area contributed by atoms with Crippen LogP contribution in [0.15, 0.2) is 41.3 Å². The summed E-state index contributed by atoms with van der Waals surface area (Å²) in [7, 11) is 0. The number of halogens is 1. The second kappa shape index (κ2) is 6.14. The van der Waals surface area contributed by atoms with E-state index in [1.807, 2.05) is 11.8 Å². The lowest BCUT2D eigenvalue weighted by Gasteiger charge is -2.33. The van der Waals surface area contributed by atoms with Gasteiger partial charge in [-0.15, -0.1) is 28.7 Å². The highest BCUT2D eigenvalue weighted by Crippen LogP contribution is 2.45. The topological polar surface area (TPSA) is 52.5 Å². The van der Waals surface area contributed by atoms with Gasteiger partial charge < -0.3 is 15.5 Å². The molecule has 5 heteroatoms. The smallest absolute Gasteiger partial charge is 0.157 e. The van der Waals surface area contributed by atoms with E-state index in [0.717, 1.165) is 29.8 Å². The lowest BCUT2D eigenvalue weighted by atomic mass is 9.83. The van der Waals surface area contributed by atoms with Crippen LogP contribution in [0.5, 0.6) is 11.5 Å². The van der Waals surface area contributed by atoms with Crippen LogP contribution in [-0.4, -0.2) is 28.6 Å². The Morgan fingerprint density at radius 1 is 1.05 bits per heavy atom. The second-order valence-electron chi connectivity index (χ2n) is 5.68. The fraction of sp³-hybridized carbons (Fsp3) is 0.294. The van der Waals surface area contributed by atoms with Crippen LogP contribution < -0.4 is 5.32 Å². The molecule has 3 nitrogen and oxygen atoms in total. The van der Waals surface area contributed by atoms with Crippen LogP contribution in [0.1, 0.15) is 22.6 Å². The van der Waals surface area contributed by atoms with Crippen molar-refractivity contribution in [1.82, 2.24) is 5.32 Å². The molecule has 0 aromatic heterocycles. The van der Waals surface area contributed by atoms with Crippen LogP contribution in [0.3, 0.4) is 0 Å². The van der Waals surface area contributed by atoms with Gasteiger partial charge in [-0.2, -0.15) is 0 Å². The minimum Gasteiger partial charge on any atom is -0.504 e. The van der Waals surface area contributed by atoms with Gasteiger partial charge >= 0.3 is 0 Å². The Morgan fingerprint density at radius 2 is 1.82 bits per heavy atom. The van der Waals surface area contributed by atoms with E-state index < -0.39 is 0 Å². The molecule has 2 heterocycles. The monoisotopic (exact) mass is 379 g/mol. The van der Waals surface area contributed by atoms with E-state index in [1.54, 1.807) is 12.1 Å². The zero-order chi connectivity index (χ0) is 14.4. The van der Waals surface area contributed by atoms with Crippen molar-refractivity contribution < 1.29 is 10.2 Å². The zero-order valence-electron chi connectivity index (χ0n) is 12.0. The third-order valence-corrected chi connectivity index (χ3v) is 5.66. The van der Waals surface area contributed by atoms with Gasteiger partial charge in [0, 0.05) is 22.6 Å². The van der Waals surface area contributed by atoms with Gasteiger partial charge in [0.25, 0.3) is 0 Å². The fourth-order valence-corrected chi connectivity index (χ4v) is 4.66. The summed E-state index contributed by atoms with van der Waals surface area (Å²) in [5.41, 5.74) is 3.60. The Hall–Kier alpha value is -1.17. The van der Waals surface area contributed by atoms with Gasteiger partial charge in [0.05, 0.1) is 0 Å². The van der Waals surface area contributed by atoms with E-state index in [0.29, 0.717) is 6.04 Å². The van der Waals surface area contributed by atoms with E-state index in [2.05, 4.69) is 29.6 Å². The molecule has 116 valence electrons. The predicted molar refractivity (Wildman–Crippen MR) is 94.6 cm³/mol. The van der Waals surface area contributed by atoms with Gasteiger partial charge in [-0.3, -0.25) is 0 Å². The fourth-order valence-electron chi connectivity index (χ4n) is 3.46. The van der Waals surface area contributed by atoms with Crippen molar-refractivity contribution in [1.29, 1.82) is 0 Å². The van der Waals surface area contributed by atoms with Crippen molar-refractivity contribution >= 4 is 28.7 Å². The Bertz CT molecular complexity index is 707. The molecule has 22 heavy (non-hydrogen) atoms. The normalized spacial score (nSPS) is 22.5. The number of hydrogen-bond acceptors (Lipinski definition) is 4. The van der Waals surface area contributed by atoms with Gasteiger partial charge in [-0.1, -0.05) is 18.2 Å². The van der Waals surface area contributed by atoms with Crippen LogP contribution in [0, 0.1) is 0 Å². The molecule has 2 aromatic carbocycles. The molecule has 4 rings (SSSR count). The molecule has 2 aliphatic rings. The molecular weight excluding hydrogens is 362 g/mol. The summed E-state index contributed by atoms with van der Waals surface area (Å²) in [5, 5.41) is 23.3. The minimum absolute atomic E-state index is 0. The summed E-state index contributed by atoms with van der Waals surface area (Å²) in [4.78, 5) is 1.32. The Kier molecular flexibility index (Phi) is 4.39. The average Bonchev–Trinajstić information content (AvgIpc) is 2.67. The first-order valence-corrected chi connectivity index (χ1v) is 8.22. The summed E-state index contributed by atoms with van der Waals surface area (Å²) >= 11 is 1.89. The number of fused-ring (bicyclic) bond motifs is 5. The molecule has 0 spiro atoms. The van der Waals surface area contributed by atoms with Gasteiger partial charge in [0.1, 0.15) is 0 Å². The summed E-state index contributed by atoms with van der Waals surface area (Å²) < 4.78 is 0. The van der Waals surface area contributed by atoms with Crippen LogP contribution in [0.25, 0.3) is 0 Å². The van der Waals surface area contributed by atoms with Gasteiger partial charge in [-0.05, 0) is 47.9 Å². The highest BCUT2D eigenvalue weighted by Gasteiger charge is 2.34. The zero-order valence-corrected chi connectivity index (χ0v) is 14.5. The van der Waals surface area contributed by atoms with E-state index >= 15 is 0 Å². The Morgan fingerprint density at radius 3 is 2.68 bits per heavy atom. The largest absolute Gasteiger partial charge is 0.504 e. The van der Waals surface area contributed by atoms with Crippen LogP contribution in [-0.2, 0) is 6.42 Å². The van der Waals surface area contributed by atoms with E-state index in [9.17, 15) is 10.2 Å². The molecule has 2 aliphatic heterocycles. The second-order valence-corrected chi connectivity index (χ2v) is 6.74. The molecule has 3 N–H and O–H groups in total. The number of benzene rings is 2. The van der Waals surface area contributed by atoms with Crippen molar-refractivity contribution in [3.05, 3.63) is 53.1 Å². The van der Waals surface area contributed by atoms with Crippen LogP contribution in [0.4, 0.5) is 0 Å². The first kappa shape index (κ1) is 15.7. The van der Waals surface area contributed by atoms with Gasteiger partial charge in [-0.25, -0.2) is 0 Å². The van der Waals surface area contributed by atoms with Crippen LogP contribution in [0.2, 0.25) is 0 Å².